The lowest BCUT2D eigenvalue weighted by atomic mass is 10.6. The molecule has 0 aliphatic rings. The summed E-state index contributed by atoms with van der Waals surface area (Å²) >= 11 is 0. The quantitative estimate of drug-likeness (QED) is 0.403. The first-order valence-electron chi connectivity index (χ1n) is 3.60. The van der Waals surface area contributed by atoms with Gasteiger partial charge in [0.1, 0.15) is 0 Å². The predicted molar refractivity (Wildman–Crippen MR) is 67.5 cm³/mol. The zero-order valence-corrected chi connectivity index (χ0v) is 9.70. The van der Waals surface area contributed by atoms with E-state index >= 15 is 0 Å². The van der Waals surface area contributed by atoms with E-state index in [1.54, 1.807) is 0 Å². The van der Waals surface area contributed by atoms with Crippen LogP contribution in [0.2, 0.25) is 0 Å². The summed E-state index contributed by atoms with van der Waals surface area (Å²) in [7, 11) is 0. The highest BCUT2D eigenvalue weighted by Crippen LogP contribution is 2.10. The van der Waals surface area contributed by atoms with Gasteiger partial charge in [0, 0.05) is 12.3 Å². The predicted octanol–water partition coefficient (Wildman–Crippen LogP) is -0.870. The molecule has 0 spiro atoms. The molecule has 16 heavy (non-hydrogen) atoms. The number of aromatic nitrogens is 2. The Morgan fingerprint density at radius 2 is 1.56 bits per heavy atom. The van der Waals surface area contributed by atoms with Gasteiger partial charge in [0.05, 0.1) is 0 Å². The molecule has 0 atom stereocenters. The fourth-order valence-corrected chi connectivity index (χ4v) is 0.703. The number of aliphatic imine (C=N–C) groups is 2. The Labute approximate surface area is 104 Å². The summed E-state index contributed by atoms with van der Waals surface area (Å²) in [5.41, 5.74) is 20.6. The van der Waals surface area contributed by atoms with Crippen LogP contribution in [0, 0.1) is 0 Å². The molecule has 0 unspecified atom stereocenters. The first-order valence-corrected chi connectivity index (χ1v) is 3.60. The van der Waals surface area contributed by atoms with Crippen molar-refractivity contribution in [2.45, 2.75) is 0 Å². The number of hydrogen-bond donors (Lipinski definition) is 4. The summed E-state index contributed by atoms with van der Waals surface area (Å²) in [4.78, 5) is 14.9. The average Bonchev–Trinajstić information content (AvgIpc) is 2.01. The van der Waals surface area contributed by atoms with Gasteiger partial charge in [-0.1, -0.05) is 0 Å². The first-order chi connectivity index (χ1) is 6.58. The van der Waals surface area contributed by atoms with Crippen molar-refractivity contribution in [3.8, 4) is 0 Å². The number of halogens is 2. The molecule has 1 aromatic rings. The summed E-state index contributed by atoms with van der Waals surface area (Å²) in [5, 5.41) is 0. The Bertz CT molecular complexity index is 349. The van der Waals surface area contributed by atoms with Crippen molar-refractivity contribution in [1.29, 1.82) is 0 Å². The Balaban J connectivity index is 0. The van der Waals surface area contributed by atoms with Crippen LogP contribution < -0.4 is 22.9 Å². The molecule has 8 N–H and O–H groups in total. The van der Waals surface area contributed by atoms with Crippen LogP contribution in [0.4, 0.5) is 11.8 Å². The van der Waals surface area contributed by atoms with E-state index < -0.39 is 0 Å². The van der Waals surface area contributed by atoms with E-state index in [4.69, 9.17) is 22.9 Å². The van der Waals surface area contributed by atoms with Gasteiger partial charge in [0.15, 0.2) is 17.7 Å². The van der Waals surface area contributed by atoms with E-state index in [2.05, 4.69) is 20.0 Å². The third kappa shape index (κ3) is 5.83. The lowest BCUT2D eigenvalue weighted by Gasteiger charge is -1.95. The number of rotatable bonds is 2. The average molecular weight is 267 g/mol. The lowest BCUT2D eigenvalue weighted by Crippen LogP contribution is -2.22. The van der Waals surface area contributed by atoms with Crippen LogP contribution in [0.25, 0.3) is 0 Å². The van der Waals surface area contributed by atoms with Gasteiger partial charge in [-0.05, 0) is 0 Å². The summed E-state index contributed by atoms with van der Waals surface area (Å²) in [6, 6.07) is 1.52. The molecule has 90 valence electrons. The van der Waals surface area contributed by atoms with Gasteiger partial charge >= 0.3 is 0 Å². The van der Waals surface area contributed by atoms with Crippen LogP contribution >= 0.6 is 24.8 Å². The number of nitrogens with zero attached hydrogens (tertiary/aromatic N) is 4. The van der Waals surface area contributed by atoms with Gasteiger partial charge in [-0.15, -0.1) is 24.8 Å². The largest absolute Gasteiger partial charge is 0.370 e. The molecule has 0 aromatic carbocycles. The SMILES string of the molecule is Cl.Cl.NC(N)=Nc1ccnc(N=C(N)N)n1. The fraction of sp³-hybridized carbons (Fsp3) is 0. The third-order valence-electron chi connectivity index (χ3n) is 1.10. The molecule has 0 aliphatic heterocycles. The second-order valence-electron chi connectivity index (χ2n) is 2.29. The van der Waals surface area contributed by atoms with E-state index in [1.165, 1.54) is 12.3 Å². The Morgan fingerprint density at radius 3 is 2.06 bits per heavy atom. The van der Waals surface area contributed by atoms with Crippen LogP contribution in [0.3, 0.4) is 0 Å². The molecular formula is C6H12Cl2N8. The van der Waals surface area contributed by atoms with Crippen molar-refractivity contribution < 1.29 is 0 Å². The monoisotopic (exact) mass is 266 g/mol. The van der Waals surface area contributed by atoms with Gasteiger partial charge in [-0.3, -0.25) is 0 Å². The molecule has 1 aromatic heterocycles. The Kier molecular flexibility index (Phi) is 7.78. The van der Waals surface area contributed by atoms with Crippen molar-refractivity contribution in [3.63, 3.8) is 0 Å². The summed E-state index contributed by atoms with van der Waals surface area (Å²) in [5.74, 6) is 0.165. The van der Waals surface area contributed by atoms with Crippen LogP contribution in [0.1, 0.15) is 0 Å². The van der Waals surface area contributed by atoms with Crippen molar-refractivity contribution in [1.82, 2.24) is 9.97 Å². The molecule has 0 saturated heterocycles. The maximum Gasteiger partial charge on any atom is 0.254 e. The van der Waals surface area contributed by atoms with E-state index in [0.717, 1.165) is 0 Å². The molecule has 0 fully saturated rings. The van der Waals surface area contributed by atoms with Crippen molar-refractivity contribution in [3.05, 3.63) is 12.3 Å². The first kappa shape index (κ1) is 16.6. The molecule has 0 bridgehead atoms. The zero-order valence-electron chi connectivity index (χ0n) is 8.07. The maximum atomic E-state index is 5.16. The van der Waals surface area contributed by atoms with Gasteiger partial charge < -0.3 is 22.9 Å². The Hall–Kier alpha value is -1.80. The summed E-state index contributed by atoms with van der Waals surface area (Å²) in [6.45, 7) is 0. The fourth-order valence-electron chi connectivity index (χ4n) is 0.703. The van der Waals surface area contributed by atoms with Gasteiger partial charge in [-0.25, -0.2) is 4.98 Å². The minimum absolute atomic E-state index is 0. The zero-order chi connectivity index (χ0) is 10.6. The molecule has 1 heterocycles. The van der Waals surface area contributed by atoms with Crippen molar-refractivity contribution in [2.75, 3.05) is 0 Å². The van der Waals surface area contributed by atoms with Gasteiger partial charge in [-0.2, -0.15) is 15.0 Å². The van der Waals surface area contributed by atoms with Gasteiger partial charge in [0.2, 0.25) is 0 Å². The molecule has 0 radical (unpaired) electrons. The molecule has 0 saturated carbocycles. The minimum Gasteiger partial charge on any atom is -0.370 e. The molecule has 1 rings (SSSR count). The van der Waals surface area contributed by atoms with Crippen LogP contribution in [-0.2, 0) is 0 Å². The molecule has 10 heteroatoms. The van der Waals surface area contributed by atoms with Crippen LogP contribution in [-0.4, -0.2) is 21.9 Å². The highest BCUT2D eigenvalue weighted by molar-refractivity contribution is 5.85. The highest BCUT2D eigenvalue weighted by atomic mass is 35.5. The topological polar surface area (TPSA) is 155 Å². The normalized spacial score (nSPS) is 8.00. The Morgan fingerprint density at radius 1 is 1.00 bits per heavy atom. The van der Waals surface area contributed by atoms with E-state index in [1.807, 2.05) is 0 Å². The lowest BCUT2D eigenvalue weighted by molar-refractivity contribution is 1.11. The van der Waals surface area contributed by atoms with E-state index in [9.17, 15) is 0 Å². The van der Waals surface area contributed by atoms with Gasteiger partial charge in [0.25, 0.3) is 5.95 Å². The second kappa shape index (κ2) is 7.49. The van der Waals surface area contributed by atoms with E-state index in [0.29, 0.717) is 5.82 Å². The molecule has 8 nitrogen and oxygen atoms in total. The molecule has 0 amide bonds. The summed E-state index contributed by atoms with van der Waals surface area (Å²) < 4.78 is 0. The standard InChI is InChI=1S/C6H10N8.2ClH/c7-4(8)12-3-1-2-11-6(13-3)14-5(9)10;;/h1-2H,(H8,7,8,9,10,11,12,13,14);2*1H. The maximum absolute atomic E-state index is 5.16. The highest BCUT2D eigenvalue weighted by Gasteiger charge is 1.96. The minimum atomic E-state index is -0.133. The second-order valence-corrected chi connectivity index (χ2v) is 2.29. The van der Waals surface area contributed by atoms with Crippen molar-refractivity contribution >= 4 is 48.5 Å². The number of nitrogens with two attached hydrogens (primary N) is 4. The number of hydrogen-bond acceptors (Lipinski definition) is 4. The third-order valence-corrected chi connectivity index (χ3v) is 1.10. The number of guanidine groups is 2. The molecule has 0 aliphatic carbocycles. The van der Waals surface area contributed by atoms with E-state index in [-0.39, 0.29) is 42.7 Å². The van der Waals surface area contributed by atoms with Crippen molar-refractivity contribution in [2.24, 2.45) is 32.9 Å². The molecular weight excluding hydrogens is 255 g/mol. The summed E-state index contributed by atoms with van der Waals surface area (Å²) in [6.07, 6.45) is 1.44. The smallest absolute Gasteiger partial charge is 0.254 e. The van der Waals surface area contributed by atoms with Crippen LogP contribution in [0.15, 0.2) is 22.2 Å². The van der Waals surface area contributed by atoms with Crippen LogP contribution in [0.5, 0.6) is 0 Å².